The third-order valence-corrected chi connectivity index (χ3v) is 7.23. The van der Waals surface area contributed by atoms with Crippen LogP contribution in [0.2, 0.25) is 0 Å². The second-order valence-electron chi connectivity index (χ2n) is 9.42. The molecule has 0 bridgehead atoms. The van der Waals surface area contributed by atoms with Gasteiger partial charge in [-0.1, -0.05) is 43.3 Å². The van der Waals surface area contributed by atoms with Gasteiger partial charge in [-0.25, -0.2) is 0 Å². The summed E-state index contributed by atoms with van der Waals surface area (Å²) in [6.45, 7) is 4.40. The molecule has 188 valence electrons. The molecule has 36 heavy (non-hydrogen) atoms. The van der Waals surface area contributed by atoms with Gasteiger partial charge in [0.25, 0.3) is 16.8 Å². The van der Waals surface area contributed by atoms with Crippen molar-refractivity contribution < 1.29 is 14.6 Å². The van der Waals surface area contributed by atoms with E-state index in [9.17, 15) is 19.5 Å². The molecular weight excluding hydrogens is 460 g/mol. The summed E-state index contributed by atoms with van der Waals surface area (Å²) in [6.07, 6.45) is 0.651. The normalized spacial score (nSPS) is 20.8. The zero-order chi connectivity index (χ0) is 25.4. The molecule has 3 N–H and O–H groups in total. The number of phenols is 1. The number of ether oxygens (including phenoxy) is 1. The minimum absolute atomic E-state index is 0.0512. The van der Waals surface area contributed by atoms with Crippen LogP contribution in [0, 0.1) is 0 Å². The number of fused-ring (bicyclic) bond motifs is 1. The zero-order valence-electron chi connectivity index (χ0n) is 20.4. The lowest BCUT2D eigenvalue weighted by atomic mass is 10.0. The molecule has 2 unspecified atom stereocenters. The summed E-state index contributed by atoms with van der Waals surface area (Å²) in [5, 5.41) is 17.0. The number of anilines is 3. The van der Waals surface area contributed by atoms with Crippen molar-refractivity contribution in [2.45, 2.75) is 31.5 Å². The summed E-state index contributed by atoms with van der Waals surface area (Å²) >= 11 is 0. The summed E-state index contributed by atoms with van der Waals surface area (Å²) in [5.74, 6) is -0.568. The molecule has 9 nitrogen and oxygen atoms in total. The number of benzene rings is 2. The number of morpholine rings is 1. The Labute approximate surface area is 209 Å². The number of likely N-dealkylation sites (N-methyl/N-ethyl adjacent to an activating group) is 1. The topological polar surface area (TPSA) is 111 Å². The van der Waals surface area contributed by atoms with E-state index in [-0.39, 0.29) is 52.5 Å². The number of aromatic hydroxyl groups is 1. The molecule has 0 radical (unpaired) electrons. The highest BCUT2D eigenvalue weighted by Crippen LogP contribution is 2.34. The van der Waals surface area contributed by atoms with Gasteiger partial charge in [0.15, 0.2) is 5.75 Å². The third-order valence-electron chi connectivity index (χ3n) is 7.23. The highest BCUT2D eigenvalue weighted by molar-refractivity contribution is 5.99. The molecule has 0 aliphatic carbocycles. The van der Waals surface area contributed by atoms with Crippen LogP contribution in [0.15, 0.2) is 58.1 Å². The lowest BCUT2D eigenvalue weighted by Crippen LogP contribution is -2.48. The van der Waals surface area contributed by atoms with Gasteiger partial charge >= 0.3 is 0 Å². The molecule has 2 aliphatic heterocycles. The van der Waals surface area contributed by atoms with Gasteiger partial charge in [0.1, 0.15) is 11.4 Å². The Morgan fingerprint density at radius 1 is 1.08 bits per heavy atom. The van der Waals surface area contributed by atoms with E-state index in [0.29, 0.717) is 26.1 Å². The van der Waals surface area contributed by atoms with Crippen molar-refractivity contribution in [1.29, 1.82) is 0 Å². The van der Waals surface area contributed by atoms with E-state index >= 15 is 0 Å². The maximum atomic E-state index is 13.3. The molecule has 2 saturated heterocycles. The maximum absolute atomic E-state index is 13.3. The number of nitrogens with zero attached hydrogens (tertiary/aromatic N) is 2. The monoisotopic (exact) mass is 490 g/mol. The van der Waals surface area contributed by atoms with Crippen molar-refractivity contribution in [2.75, 3.05) is 43.9 Å². The Morgan fingerprint density at radius 2 is 1.83 bits per heavy atom. The van der Waals surface area contributed by atoms with Gasteiger partial charge in [-0.2, -0.15) is 0 Å². The van der Waals surface area contributed by atoms with Gasteiger partial charge in [-0.15, -0.1) is 0 Å². The maximum Gasteiger partial charge on any atom is 0.257 e. The predicted molar refractivity (Wildman–Crippen MR) is 138 cm³/mol. The Morgan fingerprint density at radius 3 is 2.56 bits per heavy atom. The minimum atomic E-state index is -0.666. The Bertz CT molecular complexity index is 1330. The standard InChI is InChI=1S/C27H30N4O5/c1-3-18(16-8-5-4-6-9-16)28-22-23(26(34)25(22)33)29-19-11-7-10-17(24(19)32)27(35)31-14-20-21(15-31)36-13-12-30(20)2/h4-11,18,20-21,28-29,32H,3,12-15H2,1-2H3/t18-,20?,21?/m1/s1. The Balaban J connectivity index is 1.36. The van der Waals surface area contributed by atoms with Crippen LogP contribution in [0.3, 0.4) is 0 Å². The average molecular weight is 491 g/mol. The molecule has 3 aromatic carbocycles. The van der Waals surface area contributed by atoms with Gasteiger partial charge in [0.2, 0.25) is 0 Å². The zero-order valence-corrected chi connectivity index (χ0v) is 20.4. The van der Waals surface area contributed by atoms with Crippen molar-refractivity contribution in [3.63, 3.8) is 0 Å². The van der Waals surface area contributed by atoms with Crippen LogP contribution in [0.25, 0.3) is 0 Å². The van der Waals surface area contributed by atoms with Gasteiger partial charge in [-0.05, 0) is 31.2 Å². The van der Waals surface area contributed by atoms with E-state index < -0.39 is 10.9 Å². The predicted octanol–water partition coefficient (Wildman–Crippen LogP) is 2.45. The largest absolute Gasteiger partial charge is 0.505 e. The number of hydrogen-bond acceptors (Lipinski definition) is 8. The molecule has 2 aliphatic rings. The number of carbonyl (C=O) groups is 1. The number of rotatable bonds is 7. The van der Waals surface area contributed by atoms with Crippen LogP contribution in [0.4, 0.5) is 17.1 Å². The first-order chi connectivity index (χ1) is 17.4. The number of likely N-dealkylation sites (tertiary alicyclic amines) is 1. The molecule has 3 aromatic rings. The minimum Gasteiger partial charge on any atom is -0.505 e. The second kappa shape index (κ2) is 9.75. The summed E-state index contributed by atoms with van der Waals surface area (Å²) in [6, 6.07) is 14.4. The summed E-state index contributed by atoms with van der Waals surface area (Å²) in [4.78, 5) is 42.0. The molecular formula is C27H30N4O5. The van der Waals surface area contributed by atoms with Crippen LogP contribution in [-0.4, -0.2) is 66.2 Å². The number of amides is 1. The molecule has 9 heteroatoms. The fourth-order valence-corrected chi connectivity index (χ4v) is 5.07. The quantitative estimate of drug-likeness (QED) is 0.342. The van der Waals surface area contributed by atoms with E-state index in [1.54, 1.807) is 23.1 Å². The van der Waals surface area contributed by atoms with Crippen molar-refractivity contribution in [2.24, 2.45) is 0 Å². The van der Waals surface area contributed by atoms with E-state index in [2.05, 4.69) is 15.5 Å². The van der Waals surface area contributed by atoms with Crippen LogP contribution in [-0.2, 0) is 4.74 Å². The number of nitrogens with one attached hydrogen (secondary N) is 2. The fraction of sp³-hybridized carbons (Fsp3) is 0.370. The average Bonchev–Trinajstić information content (AvgIpc) is 3.35. The molecule has 0 spiro atoms. The van der Waals surface area contributed by atoms with Gasteiger partial charge < -0.3 is 25.4 Å². The van der Waals surface area contributed by atoms with Crippen LogP contribution >= 0.6 is 0 Å². The van der Waals surface area contributed by atoms with E-state index in [0.717, 1.165) is 12.1 Å². The van der Waals surface area contributed by atoms with Crippen molar-refractivity contribution in [3.8, 4) is 5.75 Å². The number of phenolic OH excluding ortho intramolecular Hbond substituents is 1. The summed E-state index contributed by atoms with van der Waals surface area (Å²) in [7, 11) is 2.02. The molecule has 3 atom stereocenters. The number of hydrogen-bond donors (Lipinski definition) is 3. The van der Waals surface area contributed by atoms with Crippen LogP contribution in [0.1, 0.15) is 35.3 Å². The summed E-state index contributed by atoms with van der Waals surface area (Å²) < 4.78 is 5.83. The number of para-hydroxylation sites is 1. The molecule has 0 aromatic heterocycles. The van der Waals surface area contributed by atoms with Crippen LogP contribution in [0.5, 0.6) is 5.75 Å². The molecule has 0 saturated carbocycles. The summed E-state index contributed by atoms with van der Waals surface area (Å²) in [5.41, 5.74) is 0.295. The highest BCUT2D eigenvalue weighted by Gasteiger charge is 2.41. The third kappa shape index (κ3) is 4.25. The second-order valence-corrected chi connectivity index (χ2v) is 9.42. The van der Waals surface area contributed by atoms with Crippen molar-refractivity contribution in [3.05, 3.63) is 80.1 Å². The highest BCUT2D eigenvalue weighted by atomic mass is 16.5. The first-order valence-electron chi connectivity index (χ1n) is 12.2. The fourth-order valence-electron chi connectivity index (χ4n) is 5.07. The number of carbonyl (C=O) groups excluding carboxylic acids is 1. The van der Waals surface area contributed by atoms with Crippen molar-refractivity contribution in [1.82, 2.24) is 9.80 Å². The van der Waals surface area contributed by atoms with Gasteiger partial charge in [-0.3, -0.25) is 19.3 Å². The van der Waals surface area contributed by atoms with Crippen LogP contribution < -0.4 is 21.5 Å². The first-order valence-corrected chi connectivity index (χ1v) is 12.2. The lowest BCUT2D eigenvalue weighted by molar-refractivity contribution is -0.0368. The lowest BCUT2D eigenvalue weighted by Gasteiger charge is -2.33. The molecule has 2 fully saturated rings. The van der Waals surface area contributed by atoms with Gasteiger partial charge in [0.05, 0.1) is 36.0 Å². The van der Waals surface area contributed by atoms with E-state index in [1.807, 2.05) is 44.3 Å². The first kappa shape index (κ1) is 24.0. The van der Waals surface area contributed by atoms with E-state index in [1.165, 1.54) is 0 Å². The molecule has 2 heterocycles. The Hall–Kier alpha value is -3.69. The molecule has 1 amide bonds. The van der Waals surface area contributed by atoms with Crippen molar-refractivity contribution >= 4 is 23.0 Å². The Kier molecular flexibility index (Phi) is 6.51. The van der Waals surface area contributed by atoms with E-state index in [4.69, 9.17) is 4.74 Å². The van der Waals surface area contributed by atoms with Gasteiger partial charge in [0, 0.05) is 19.6 Å². The molecule has 5 rings (SSSR count). The smallest absolute Gasteiger partial charge is 0.257 e. The SMILES string of the molecule is CC[C@@H](Nc1c(Nc2cccc(C(=O)N3CC4OCCN(C)C4C3)c2O)c(=O)c1=O)c1ccccc1.